The molecule has 0 aliphatic carbocycles. The van der Waals surface area contributed by atoms with Crippen molar-refractivity contribution < 1.29 is 18.4 Å². The van der Waals surface area contributed by atoms with E-state index >= 15 is 0 Å². The topological polar surface area (TPSA) is 101 Å². The third-order valence-electron chi connectivity index (χ3n) is 6.89. The number of nitrogens with one attached hydrogen (secondary N) is 2. The predicted molar refractivity (Wildman–Crippen MR) is 155 cm³/mol. The molecule has 0 saturated carbocycles. The molecule has 0 radical (unpaired) electrons. The fraction of sp³-hybridized carbons (Fsp3) is 0.323. The van der Waals surface area contributed by atoms with Gasteiger partial charge in [0.15, 0.2) is 17.6 Å². The molecule has 10 heteroatoms. The summed E-state index contributed by atoms with van der Waals surface area (Å²) in [7, 11) is 1.49. The number of aromatic nitrogens is 3. The van der Waals surface area contributed by atoms with Crippen molar-refractivity contribution in [2.24, 2.45) is 10.9 Å². The Morgan fingerprint density at radius 1 is 1.05 bits per heavy atom. The minimum absolute atomic E-state index is 0.00184. The van der Waals surface area contributed by atoms with Gasteiger partial charge in [0.1, 0.15) is 11.3 Å². The van der Waals surface area contributed by atoms with Crippen LogP contribution in [-0.4, -0.2) is 45.7 Å². The van der Waals surface area contributed by atoms with Gasteiger partial charge in [-0.3, -0.25) is 19.6 Å². The number of carbonyl (C=O) groups is 2. The van der Waals surface area contributed by atoms with Crippen LogP contribution in [0.3, 0.4) is 0 Å². The summed E-state index contributed by atoms with van der Waals surface area (Å²) in [5.74, 6) is 2.52. The molecular formula is C31H32F2N6O2. The second-order valence-electron chi connectivity index (χ2n) is 10.1. The Morgan fingerprint density at radius 2 is 1.80 bits per heavy atom. The summed E-state index contributed by atoms with van der Waals surface area (Å²) in [6, 6.07) is 8.66. The Hall–Kier alpha value is -4.65. The second-order valence-corrected chi connectivity index (χ2v) is 10.1. The lowest BCUT2D eigenvalue weighted by Gasteiger charge is -2.20. The number of benzene rings is 2. The monoisotopic (exact) mass is 558 g/mol. The molecule has 212 valence electrons. The first-order valence-corrected chi connectivity index (χ1v) is 13.2. The zero-order chi connectivity index (χ0) is 29.8. The van der Waals surface area contributed by atoms with E-state index in [9.17, 15) is 18.4 Å². The van der Waals surface area contributed by atoms with Gasteiger partial charge in [0.05, 0.1) is 29.8 Å². The normalized spacial score (nSPS) is 13.1. The van der Waals surface area contributed by atoms with Crippen LogP contribution in [0.25, 0.3) is 21.9 Å². The van der Waals surface area contributed by atoms with Crippen molar-refractivity contribution in [1.29, 1.82) is 0 Å². The van der Waals surface area contributed by atoms with Gasteiger partial charge in [-0.05, 0) is 70.5 Å². The molecule has 2 aromatic heterocycles. The zero-order valence-electron chi connectivity index (χ0n) is 23.8. The van der Waals surface area contributed by atoms with E-state index in [-0.39, 0.29) is 12.6 Å². The minimum Gasteiger partial charge on any atom is -0.349 e. The van der Waals surface area contributed by atoms with Gasteiger partial charge in [-0.25, -0.2) is 13.8 Å². The Morgan fingerprint density at radius 3 is 2.49 bits per heavy atom. The standard InChI is InChI=1S/C31H32F2N6O2/c1-17(2)39-20(5)38-27-16-36-26-12-9-21(14-23(26)29(27)39)8-7-13-35-30(40)28(19(4)34-6)31(41)37-18(3)22-10-11-24(32)25(33)15-22/h9-12,14-18,28H,13H2,1-6H3,(H,35,40)(H,37,41). The summed E-state index contributed by atoms with van der Waals surface area (Å²) < 4.78 is 29.1. The predicted octanol–water partition coefficient (Wildman–Crippen LogP) is 4.80. The summed E-state index contributed by atoms with van der Waals surface area (Å²) in [6.07, 6.45) is 1.78. The van der Waals surface area contributed by atoms with Crippen LogP contribution >= 0.6 is 0 Å². The molecule has 2 N–H and O–H groups in total. The molecule has 0 bridgehead atoms. The van der Waals surface area contributed by atoms with Gasteiger partial charge < -0.3 is 15.2 Å². The van der Waals surface area contributed by atoms with E-state index in [1.165, 1.54) is 13.1 Å². The number of hydrogen-bond acceptors (Lipinski definition) is 5. The van der Waals surface area contributed by atoms with E-state index in [1.54, 1.807) is 20.0 Å². The Kier molecular flexibility index (Phi) is 8.77. The second kappa shape index (κ2) is 12.3. The average Bonchev–Trinajstić information content (AvgIpc) is 3.29. The summed E-state index contributed by atoms with van der Waals surface area (Å²) in [4.78, 5) is 39.2. The van der Waals surface area contributed by atoms with Crippen LogP contribution in [0.1, 0.15) is 56.7 Å². The minimum atomic E-state index is -1.21. The molecule has 2 aromatic carbocycles. The number of nitrogens with zero attached hydrogens (tertiary/aromatic N) is 4. The van der Waals surface area contributed by atoms with Crippen LogP contribution in [0.15, 0.2) is 47.6 Å². The molecule has 2 heterocycles. The summed E-state index contributed by atoms with van der Waals surface area (Å²) in [6.45, 7) is 9.38. The number of aryl methyl sites for hydroxylation is 1. The van der Waals surface area contributed by atoms with Gasteiger partial charge in [-0.15, -0.1) is 0 Å². The van der Waals surface area contributed by atoms with Crippen molar-refractivity contribution in [3.8, 4) is 11.8 Å². The van der Waals surface area contributed by atoms with Gasteiger partial charge in [0.25, 0.3) is 0 Å². The van der Waals surface area contributed by atoms with Gasteiger partial charge in [0.2, 0.25) is 11.8 Å². The highest BCUT2D eigenvalue weighted by molar-refractivity contribution is 6.19. The lowest BCUT2D eigenvalue weighted by molar-refractivity contribution is -0.132. The molecule has 0 saturated heterocycles. The van der Waals surface area contributed by atoms with E-state index in [4.69, 9.17) is 0 Å². The van der Waals surface area contributed by atoms with E-state index in [1.807, 2.05) is 25.1 Å². The maximum atomic E-state index is 13.6. The van der Waals surface area contributed by atoms with E-state index < -0.39 is 35.4 Å². The molecule has 4 aromatic rings. The number of amides is 2. The molecule has 2 amide bonds. The molecule has 0 aliphatic heterocycles. The third kappa shape index (κ3) is 6.24. The Balaban J connectivity index is 1.48. The molecule has 4 rings (SSSR count). The van der Waals surface area contributed by atoms with Crippen LogP contribution in [0, 0.1) is 36.3 Å². The number of fused-ring (bicyclic) bond motifs is 3. The van der Waals surface area contributed by atoms with Gasteiger partial charge in [-0.1, -0.05) is 17.9 Å². The van der Waals surface area contributed by atoms with Crippen LogP contribution in [-0.2, 0) is 9.59 Å². The first kappa shape index (κ1) is 29.3. The smallest absolute Gasteiger partial charge is 0.239 e. The summed E-state index contributed by atoms with van der Waals surface area (Å²) in [5, 5.41) is 6.30. The first-order valence-electron chi connectivity index (χ1n) is 13.2. The molecule has 2 atom stereocenters. The third-order valence-corrected chi connectivity index (χ3v) is 6.89. The lowest BCUT2D eigenvalue weighted by atomic mass is 10.0. The molecule has 0 aliphatic rings. The molecule has 8 nitrogen and oxygen atoms in total. The van der Waals surface area contributed by atoms with Crippen LogP contribution in [0.2, 0.25) is 0 Å². The van der Waals surface area contributed by atoms with Crippen molar-refractivity contribution in [2.45, 2.75) is 46.7 Å². The SMILES string of the molecule is CN=C(C)C(C(=O)NCC#Cc1ccc2ncc3nc(C)n(C(C)C)c3c2c1)C(=O)NC(C)c1ccc(F)c(F)c1. The number of hydrogen-bond donors (Lipinski definition) is 2. The number of carbonyl (C=O) groups excluding carboxylic acids is 2. The van der Waals surface area contributed by atoms with Crippen molar-refractivity contribution in [2.75, 3.05) is 13.6 Å². The number of imidazole rings is 1. The summed E-state index contributed by atoms with van der Waals surface area (Å²) in [5.41, 5.74) is 4.06. The number of aliphatic imine (C=N–C) groups is 1. The van der Waals surface area contributed by atoms with E-state index in [0.717, 1.165) is 45.5 Å². The van der Waals surface area contributed by atoms with E-state index in [0.29, 0.717) is 11.3 Å². The average molecular weight is 559 g/mol. The maximum absolute atomic E-state index is 13.6. The molecule has 41 heavy (non-hydrogen) atoms. The highest BCUT2D eigenvalue weighted by Gasteiger charge is 2.30. The fourth-order valence-electron chi connectivity index (χ4n) is 4.77. The lowest BCUT2D eigenvalue weighted by Crippen LogP contribution is -2.45. The van der Waals surface area contributed by atoms with Crippen molar-refractivity contribution >= 4 is 39.5 Å². The maximum Gasteiger partial charge on any atom is 0.239 e. The Bertz CT molecular complexity index is 1730. The van der Waals surface area contributed by atoms with E-state index in [2.05, 4.69) is 55.8 Å². The molecule has 2 unspecified atom stereocenters. The Labute approximate surface area is 237 Å². The number of halogens is 2. The number of pyridine rings is 1. The quantitative estimate of drug-likeness (QED) is 0.193. The molecular weight excluding hydrogens is 526 g/mol. The largest absolute Gasteiger partial charge is 0.349 e. The fourth-order valence-corrected chi connectivity index (χ4v) is 4.77. The zero-order valence-corrected chi connectivity index (χ0v) is 23.8. The molecule has 0 fully saturated rings. The van der Waals surface area contributed by atoms with Gasteiger partial charge in [0, 0.05) is 29.8 Å². The van der Waals surface area contributed by atoms with Crippen molar-refractivity contribution in [1.82, 2.24) is 25.2 Å². The highest BCUT2D eigenvalue weighted by Crippen LogP contribution is 2.28. The van der Waals surface area contributed by atoms with Gasteiger partial charge in [-0.2, -0.15) is 0 Å². The van der Waals surface area contributed by atoms with Crippen LogP contribution < -0.4 is 10.6 Å². The van der Waals surface area contributed by atoms with Crippen LogP contribution in [0.4, 0.5) is 8.78 Å². The van der Waals surface area contributed by atoms with Crippen molar-refractivity contribution in [3.05, 3.63) is 71.2 Å². The van der Waals surface area contributed by atoms with Gasteiger partial charge >= 0.3 is 0 Å². The summed E-state index contributed by atoms with van der Waals surface area (Å²) >= 11 is 0. The molecule has 0 spiro atoms. The number of rotatable bonds is 7. The van der Waals surface area contributed by atoms with Crippen molar-refractivity contribution in [3.63, 3.8) is 0 Å². The highest BCUT2D eigenvalue weighted by atomic mass is 19.2. The first-order chi connectivity index (χ1) is 19.5. The van der Waals surface area contributed by atoms with Crippen LogP contribution in [0.5, 0.6) is 0 Å².